The van der Waals surface area contributed by atoms with Gasteiger partial charge in [-0.25, -0.2) is 4.98 Å². The second kappa shape index (κ2) is 5.98. The molecule has 0 radical (unpaired) electrons. The van der Waals surface area contributed by atoms with E-state index in [1.54, 1.807) is 11.3 Å². The molecule has 122 valence electrons. The standard InChI is InChI=1S/C19H19N3OS/c1-11-7-8-20-16(9-11)18(13-3-4-13)22-19(23)14-5-6-15-17(10-14)24-12(2)21-15/h5-10,13,18H,3-4H2,1-2H3,(H,22,23)/t18-/m0/s1. The largest absolute Gasteiger partial charge is 0.343 e. The lowest BCUT2D eigenvalue weighted by Gasteiger charge is -2.18. The van der Waals surface area contributed by atoms with Crippen molar-refractivity contribution in [1.29, 1.82) is 0 Å². The van der Waals surface area contributed by atoms with Crippen molar-refractivity contribution in [3.05, 3.63) is 58.4 Å². The van der Waals surface area contributed by atoms with E-state index >= 15 is 0 Å². The van der Waals surface area contributed by atoms with E-state index in [1.807, 2.05) is 37.4 Å². The smallest absolute Gasteiger partial charge is 0.251 e. The Hall–Kier alpha value is -2.27. The number of nitrogens with zero attached hydrogens (tertiary/aromatic N) is 2. The Morgan fingerprint density at radius 2 is 2.08 bits per heavy atom. The van der Waals surface area contributed by atoms with Gasteiger partial charge in [0.05, 0.1) is 27.0 Å². The average Bonchev–Trinajstić information content (AvgIpc) is 3.32. The van der Waals surface area contributed by atoms with Crippen LogP contribution in [-0.2, 0) is 0 Å². The van der Waals surface area contributed by atoms with Gasteiger partial charge in [-0.15, -0.1) is 11.3 Å². The molecule has 1 aliphatic carbocycles. The predicted octanol–water partition coefficient (Wildman–Crippen LogP) is 4.19. The summed E-state index contributed by atoms with van der Waals surface area (Å²) in [4.78, 5) is 21.7. The van der Waals surface area contributed by atoms with Crippen LogP contribution in [0.25, 0.3) is 10.2 Å². The quantitative estimate of drug-likeness (QED) is 0.776. The van der Waals surface area contributed by atoms with Gasteiger partial charge < -0.3 is 5.32 Å². The summed E-state index contributed by atoms with van der Waals surface area (Å²) < 4.78 is 1.05. The SMILES string of the molecule is Cc1ccnc([C@@H](NC(=O)c2ccc3nc(C)sc3c2)C2CC2)c1. The maximum absolute atomic E-state index is 12.7. The highest BCUT2D eigenvalue weighted by molar-refractivity contribution is 7.18. The second-order valence-corrected chi connectivity index (χ2v) is 7.70. The van der Waals surface area contributed by atoms with Gasteiger partial charge in [0.25, 0.3) is 5.91 Å². The van der Waals surface area contributed by atoms with Crippen LogP contribution in [0, 0.1) is 19.8 Å². The number of aryl methyl sites for hydroxylation is 2. The molecule has 2 aromatic heterocycles. The average molecular weight is 337 g/mol. The summed E-state index contributed by atoms with van der Waals surface area (Å²) in [7, 11) is 0. The molecule has 0 aliphatic heterocycles. The molecule has 1 N–H and O–H groups in total. The monoisotopic (exact) mass is 337 g/mol. The van der Waals surface area contributed by atoms with Gasteiger partial charge in [-0.2, -0.15) is 0 Å². The molecule has 0 saturated heterocycles. The van der Waals surface area contributed by atoms with Crippen LogP contribution in [0.3, 0.4) is 0 Å². The number of aromatic nitrogens is 2. The zero-order chi connectivity index (χ0) is 16.7. The van der Waals surface area contributed by atoms with Gasteiger partial charge in [0.15, 0.2) is 0 Å². The molecule has 1 aliphatic rings. The summed E-state index contributed by atoms with van der Waals surface area (Å²) in [6, 6.07) is 9.75. The first-order valence-electron chi connectivity index (χ1n) is 8.21. The first-order valence-corrected chi connectivity index (χ1v) is 9.02. The summed E-state index contributed by atoms with van der Waals surface area (Å²) >= 11 is 1.62. The predicted molar refractivity (Wildman–Crippen MR) is 96.3 cm³/mol. The molecule has 2 heterocycles. The highest BCUT2D eigenvalue weighted by atomic mass is 32.1. The summed E-state index contributed by atoms with van der Waals surface area (Å²) in [6.07, 6.45) is 4.11. The Kier molecular flexibility index (Phi) is 3.81. The third kappa shape index (κ3) is 3.04. The molecule has 0 spiro atoms. The Morgan fingerprint density at radius 3 is 2.83 bits per heavy atom. The number of fused-ring (bicyclic) bond motifs is 1. The number of benzene rings is 1. The summed E-state index contributed by atoms with van der Waals surface area (Å²) in [5.74, 6) is 0.459. The van der Waals surface area contributed by atoms with Crippen molar-refractivity contribution >= 4 is 27.5 Å². The highest BCUT2D eigenvalue weighted by Crippen LogP contribution is 2.40. The zero-order valence-corrected chi connectivity index (χ0v) is 14.6. The number of thiazole rings is 1. The molecule has 5 heteroatoms. The Labute approximate surface area is 145 Å². The van der Waals surface area contributed by atoms with Gasteiger partial charge in [0, 0.05) is 11.8 Å². The van der Waals surface area contributed by atoms with Gasteiger partial charge in [-0.1, -0.05) is 0 Å². The van der Waals surface area contributed by atoms with Crippen LogP contribution < -0.4 is 5.32 Å². The molecule has 1 fully saturated rings. The summed E-state index contributed by atoms with van der Waals surface area (Å²) in [5, 5.41) is 4.21. The van der Waals surface area contributed by atoms with Gasteiger partial charge >= 0.3 is 0 Å². The van der Waals surface area contributed by atoms with E-state index < -0.39 is 0 Å². The van der Waals surface area contributed by atoms with E-state index in [9.17, 15) is 4.79 Å². The molecule has 1 atom stereocenters. The minimum atomic E-state index is -0.0387. The second-order valence-electron chi connectivity index (χ2n) is 6.46. The van der Waals surface area contributed by atoms with Gasteiger partial charge in [-0.05, 0) is 68.5 Å². The molecule has 24 heavy (non-hydrogen) atoms. The van der Waals surface area contributed by atoms with E-state index in [2.05, 4.69) is 28.3 Å². The maximum Gasteiger partial charge on any atom is 0.251 e. The first kappa shape index (κ1) is 15.3. The van der Waals surface area contributed by atoms with Crippen molar-refractivity contribution in [2.45, 2.75) is 32.7 Å². The number of amides is 1. The number of hydrogen-bond donors (Lipinski definition) is 1. The van der Waals surface area contributed by atoms with Crippen molar-refractivity contribution in [2.75, 3.05) is 0 Å². The highest BCUT2D eigenvalue weighted by Gasteiger charge is 2.34. The molecule has 4 nitrogen and oxygen atoms in total. The lowest BCUT2D eigenvalue weighted by Crippen LogP contribution is -2.30. The molecule has 4 rings (SSSR count). The Bertz CT molecular complexity index is 914. The van der Waals surface area contributed by atoms with Gasteiger partial charge in [-0.3, -0.25) is 9.78 Å². The van der Waals surface area contributed by atoms with Crippen molar-refractivity contribution in [2.24, 2.45) is 5.92 Å². The van der Waals surface area contributed by atoms with Crippen molar-refractivity contribution in [1.82, 2.24) is 15.3 Å². The fourth-order valence-electron chi connectivity index (χ4n) is 3.00. The molecule has 1 amide bonds. The van der Waals surface area contributed by atoms with E-state index in [0.717, 1.165) is 33.8 Å². The van der Waals surface area contributed by atoms with Crippen LogP contribution in [0.15, 0.2) is 36.5 Å². The molecule has 3 aromatic rings. The van der Waals surface area contributed by atoms with Crippen LogP contribution in [-0.4, -0.2) is 15.9 Å². The fraction of sp³-hybridized carbons (Fsp3) is 0.316. The van der Waals surface area contributed by atoms with Crippen LogP contribution in [0.5, 0.6) is 0 Å². The van der Waals surface area contributed by atoms with Crippen LogP contribution in [0.4, 0.5) is 0 Å². The Balaban J connectivity index is 1.60. The number of pyridine rings is 1. The number of rotatable bonds is 4. The normalized spacial score (nSPS) is 15.4. The summed E-state index contributed by atoms with van der Waals surface area (Å²) in [6.45, 7) is 4.04. The van der Waals surface area contributed by atoms with Crippen LogP contribution in [0.1, 0.15) is 45.5 Å². The van der Waals surface area contributed by atoms with E-state index in [-0.39, 0.29) is 11.9 Å². The topological polar surface area (TPSA) is 54.9 Å². The lowest BCUT2D eigenvalue weighted by molar-refractivity contribution is 0.0931. The lowest BCUT2D eigenvalue weighted by atomic mass is 10.1. The van der Waals surface area contributed by atoms with Crippen molar-refractivity contribution in [3.63, 3.8) is 0 Å². The first-order chi connectivity index (χ1) is 11.6. The number of carbonyl (C=O) groups is 1. The molecule has 1 aromatic carbocycles. The fourth-order valence-corrected chi connectivity index (χ4v) is 3.86. The van der Waals surface area contributed by atoms with Crippen molar-refractivity contribution < 1.29 is 4.79 Å². The van der Waals surface area contributed by atoms with Crippen molar-refractivity contribution in [3.8, 4) is 0 Å². The van der Waals surface area contributed by atoms with Crippen LogP contribution in [0.2, 0.25) is 0 Å². The molecule has 0 bridgehead atoms. The third-order valence-electron chi connectivity index (χ3n) is 4.39. The van der Waals surface area contributed by atoms with E-state index in [4.69, 9.17) is 0 Å². The number of hydrogen-bond acceptors (Lipinski definition) is 4. The molecule has 0 unspecified atom stereocenters. The number of nitrogens with one attached hydrogen (secondary N) is 1. The molecular weight excluding hydrogens is 318 g/mol. The minimum Gasteiger partial charge on any atom is -0.343 e. The Morgan fingerprint density at radius 1 is 1.25 bits per heavy atom. The maximum atomic E-state index is 12.7. The summed E-state index contributed by atoms with van der Waals surface area (Å²) in [5.41, 5.74) is 3.76. The molecular formula is C19H19N3OS. The van der Waals surface area contributed by atoms with Gasteiger partial charge in [0.2, 0.25) is 0 Å². The number of carbonyl (C=O) groups excluding carboxylic acids is 1. The third-order valence-corrected chi connectivity index (χ3v) is 5.33. The van der Waals surface area contributed by atoms with Crippen LogP contribution >= 0.6 is 11.3 Å². The minimum absolute atomic E-state index is 0.00343. The van der Waals surface area contributed by atoms with E-state index in [0.29, 0.717) is 11.5 Å². The molecule has 1 saturated carbocycles. The van der Waals surface area contributed by atoms with E-state index in [1.165, 1.54) is 5.56 Å². The van der Waals surface area contributed by atoms with Gasteiger partial charge in [0.1, 0.15) is 0 Å². The zero-order valence-electron chi connectivity index (χ0n) is 13.7.